The van der Waals surface area contributed by atoms with Crippen LogP contribution in [-0.2, 0) is 11.3 Å². The molecule has 1 rings (SSSR count). The summed E-state index contributed by atoms with van der Waals surface area (Å²) in [5.41, 5.74) is -0.0156. The van der Waals surface area contributed by atoms with E-state index >= 15 is 0 Å². The molecule has 1 aromatic rings. The van der Waals surface area contributed by atoms with Crippen LogP contribution in [0.4, 0.5) is 0 Å². The Morgan fingerprint density at radius 2 is 2.28 bits per heavy atom. The zero-order chi connectivity index (χ0) is 13.8. The van der Waals surface area contributed by atoms with Crippen LogP contribution in [0, 0.1) is 5.92 Å². The van der Waals surface area contributed by atoms with E-state index in [1.807, 2.05) is 25.3 Å². The van der Waals surface area contributed by atoms with Crippen LogP contribution in [0.2, 0.25) is 0 Å². The van der Waals surface area contributed by atoms with E-state index in [1.54, 1.807) is 14.0 Å². The van der Waals surface area contributed by atoms with Crippen molar-refractivity contribution in [3.63, 3.8) is 0 Å². The van der Waals surface area contributed by atoms with E-state index in [4.69, 9.17) is 4.74 Å². The highest BCUT2D eigenvalue weighted by molar-refractivity contribution is 7.12. The molecule has 5 heteroatoms. The highest BCUT2D eigenvalue weighted by Crippen LogP contribution is 2.19. The van der Waals surface area contributed by atoms with Crippen molar-refractivity contribution in [2.24, 2.45) is 5.92 Å². The van der Waals surface area contributed by atoms with Gasteiger partial charge in [-0.2, -0.15) is 0 Å². The Hall–Kier alpha value is -0.910. The lowest BCUT2D eigenvalue weighted by molar-refractivity contribution is 0.0142. The average Bonchev–Trinajstić information content (AvgIpc) is 2.74. The number of carbonyl (C=O) groups excluding carboxylic acids is 1. The van der Waals surface area contributed by atoms with Crippen LogP contribution in [0.3, 0.4) is 0 Å². The number of hydrogen-bond donors (Lipinski definition) is 2. The van der Waals surface area contributed by atoms with E-state index in [0.717, 1.165) is 5.56 Å². The molecular weight excluding hydrogens is 250 g/mol. The van der Waals surface area contributed by atoms with Crippen LogP contribution in [0.25, 0.3) is 0 Å². The Balaban J connectivity index is 2.63. The number of hydrogen-bond acceptors (Lipinski definition) is 4. The molecule has 0 spiro atoms. The number of nitrogens with one attached hydrogen (secondary N) is 1. The first-order valence-electron chi connectivity index (χ1n) is 5.94. The van der Waals surface area contributed by atoms with Crippen molar-refractivity contribution in [2.75, 3.05) is 13.7 Å². The van der Waals surface area contributed by atoms with Gasteiger partial charge in [0.1, 0.15) is 0 Å². The predicted molar refractivity (Wildman–Crippen MR) is 72.8 cm³/mol. The monoisotopic (exact) mass is 271 g/mol. The summed E-state index contributed by atoms with van der Waals surface area (Å²) < 4.78 is 5.04. The molecule has 1 amide bonds. The van der Waals surface area contributed by atoms with E-state index in [2.05, 4.69) is 5.32 Å². The molecule has 102 valence electrons. The topological polar surface area (TPSA) is 58.6 Å². The van der Waals surface area contributed by atoms with Crippen molar-refractivity contribution < 1.29 is 14.6 Å². The van der Waals surface area contributed by atoms with Gasteiger partial charge in [0.25, 0.3) is 5.91 Å². The molecule has 1 atom stereocenters. The summed E-state index contributed by atoms with van der Waals surface area (Å²) in [7, 11) is 1.60. The number of carbonyl (C=O) groups is 1. The molecule has 1 heterocycles. The van der Waals surface area contributed by atoms with Gasteiger partial charge in [-0.15, -0.1) is 11.3 Å². The average molecular weight is 271 g/mol. The van der Waals surface area contributed by atoms with Gasteiger partial charge in [0.05, 0.1) is 17.1 Å². The lowest BCUT2D eigenvalue weighted by Crippen LogP contribution is -2.44. The van der Waals surface area contributed by atoms with Gasteiger partial charge in [0.2, 0.25) is 0 Å². The summed E-state index contributed by atoms with van der Waals surface area (Å²) in [5.74, 6) is -0.0717. The second kappa shape index (κ2) is 6.31. The summed E-state index contributed by atoms with van der Waals surface area (Å²) in [6, 6.07) is 1.88. The van der Waals surface area contributed by atoms with Crippen molar-refractivity contribution >= 4 is 17.2 Å². The van der Waals surface area contributed by atoms with Gasteiger partial charge in [-0.1, -0.05) is 13.8 Å². The molecule has 0 aliphatic carbocycles. The fourth-order valence-electron chi connectivity index (χ4n) is 1.35. The molecule has 0 aliphatic rings. The lowest BCUT2D eigenvalue weighted by atomic mass is 9.92. The molecule has 2 N–H and O–H groups in total. The maximum atomic E-state index is 12.0. The fraction of sp³-hybridized carbons (Fsp3) is 0.615. The Bertz CT molecular complexity index is 399. The van der Waals surface area contributed by atoms with E-state index in [-0.39, 0.29) is 18.4 Å². The Morgan fingerprint density at radius 3 is 2.83 bits per heavy atom. The van der Waals surface area contributed by atoms with E-state index in [1.165, 1.54) is 11.3 Å². The highest BCUT2D eigenvalue weighted by atomic mass is 32.1. The third kappa shape index (κ3) is 3.80. The minimum Gasteiger partial charge on any atom is -0.388 e. The van der Waals surface area contributed by atoms with Crippen molar-refractivity contribution in [3.05, 3.63) is 21.9 Å². The van der Waals surface area contributed by atoms with Gasteiger partial charge < -0.3 is 15.2 Å². The number of amides is 1. The van der Waals surface area contributed by atoms with Crippen LogP contribution >= 0.6 is 11.3 Å². The first-order chi connectivity index (χ1) is 8.38. The normalized spacial score (nSPS) is 14.6. The third-order valence-corrected chi connectivity index (χ3v) is 4.06. The molecule has 1 aromatic heterocycles. The summed E-state index contributed by atoms with van der Waals surface area (Å²) in [5, 5.41) is 14.7. The summed E-state index contributed by atoms with van der Waals surface area (Å²) >= 11 is 1.38. The molecule has 0 aromatic carbocycles. The van der Waals surface area contributed by atoms with Crippen LogP contribution in [0.1, 0.15) is 36.0 Å². The summed E-state index contributed by atoms with van der Waals surface area (Å²) in [4.78, 5) is 12.7. The van der Waals surface area contributed by atoms with Crippen LogP contribution in [0.15, 0.2) is 11.4 Å². The first-order valence-corrected chi connectivity index (χ1v) is 6.82. The van der Waals surface area contributed by atoms with E-state index < -0.39 is 5.60 Å². The van der Waals surface area contributed by atoms with Gasteiger partial charge in [-0.25, -0.2) is 0 Å². The van der Waals surface area contributed by atoms with Gasteiger partial charge >= 0.3 is 0 Å². The SMILES string of the molecule is COCc1ccsc1C(=O)NCC(C)(O)C(C)C. The van der Waals surface area contributed by atoms with Crippen LogP contribution in [-0.4, -0.2) is 30.3 Å². The van der Waals surface area contributed by atoms with Crippen LogP contribution < -0.4 is 5.32 Å². The second-order valence-corrected chi connectivity index (χ2v) is 5.82. The molecule has 0 radical (unpaired) electrons. The second-order valence-electron chi connectivity index (χ2n) is 4.90. The molecule has 0 saturated heterocycles. The largest absolute Gasteiger partial charge is 0.388 e. The van der Waals surface area contributed by atoms with Gasteiger partial charge in [0.15, 0.2) is 0 Å². The summed E-state index contributed by atoms with van der Waals surface area (Å²) in [6.45, 7) is 6.24. The smallest absolute Gasteiger partial charge is 0.261 e. The Labute approximate surface area is 112 Å². The van der Waals surface area contributed by atoms with Crippen LogP contribution in [0.5, 0.6) is 0 Å². The number of methoxy groups -OCH3 is 1. The van der Waals surface area contributed by atoms with Crippen molar-refractivity contribution in [2.45, 2.75) is 33.0 Å². The molecule has 0 bridgehead atoms. The zero-order valence-corrected chi connectivity index (χ0v) is 12.1. The third-order valence-electron chi connectivity index (χ3n) is 3.10. The Kier molecular flexibility index (Phi) is 5.31. The number of thiophene rings is 1. The predicted octanol–water partition coefficient (Wildman–Crippen LogP) is 2.03. The van der Waals surface area contributed by atoms with E-state index in [9.17, 15) is 9.90 Å². The molecule has 4 nitrogen and oxygen atoms in total. The maximum Gasteiger partial charge on any atom is 0.261 e. The standard InChI is InChI=1S/C13H21NO3S/c1-9(2)13(3,16)8-14-12(15)11-10(7-17-4)5-6-18-11/h5-6,9,16H,7-8H2,1-4H3,(H,14,15). The Morgan fingerprint density at radius 1 is 1.61 bits per heavy atom. The number of aliphatic hydroxyl groups is 1. The van der Waals surface area contributed by atoms with Crippen molar-refractivity contribution in [1.82, 2.24) is 5.32 Å². The molecule has 0 aliphatic heterocycles. The number of ether oxygens (including phenoxy) is 1. The molecule has 18 heavy (non-hydrogen) atoms. The minimum absolute atomic E-state index is 0.0829. The maximum absolute atomic E-state index is 12.0. The number of rotatable bonds is 6. The lowest BCUT2D eigenvalue weighted by Gasteiger charge is -2.27. The molecule has 1 unspecified atom stereocenters. The highest BCUT2D eigenvalue weighted by Gasteiger charge is 2.26. The van der Waals surface area contributed by atoms with Gasteiger partial charge in [0, 0.05) is 19.2 Å². The summed E-state index contributed by atoms with van der Waals surface area (Å²) in [6.07, 6.45) is 0. The molecule has 0 saturated carbocycles. The van der Waals surface area contributed by atoms with Crippen molar-refractivity contribution in [3.8, 4) is 0 Å². The van der Waals surface area contributed by atoms with Gasteiger partial charge in [-0.3, -0.25) is 4.79 Å². The quantitative estimate of drug-likeness (QED) is 0.832. The fourth-order valence-corrected chi connectivity index (χ4v) is 2.17. The van der Waals surface area contributed by atoms with E-state index in [0.29, 0.717) is 11.5 Å². The van der Waals surface area contributed by atoms with Gasteiger partial charge in [-0.05, 0) is 24.3 Å². The molecular formula is C13H21NO3S. The molecule has 0 fully saturated rings. The van der Waals surface area contributed by atoms with Crippen molar-refractivity contribution in [1.29, 1.82) is 0 Å². The minimum atomic E-state index is -0.895. The zero-order valence-electron chi connectivity index (χ0n) is 11.3. The first kappa shape index (κ1) is 15.1.